The first-order valence-corrected chi connectivity index (χ1v) is 10.5. The fourth-order valence-electron chi connectivity index (χ4n) is 4.15. The molecule has 0 aliphatic carbocycles. The Kier molecular flexibility index (Phi) is 5.76. The van der Waals surface area contributed by atoms with E-state index < -0.39 is 17.7 Å². The van der Waals surface area contributed by atoms with Gasteiger partial charge < -0.3 is 14.7 Å². The van der Waals surface area contributed by atoms with Gasteiger partial charge in [-0.3, -0.25) is 9.59 Å². The van der Waals surface area contributed by atoms with Gasteiger partial charge in [-0.05, 0) is 29.3 Å². The van der Waals surface area contributed by atoms with Crippen molar-refractivity contribution in [2.75, 3.05) is 13.7 Å². The smallest absolute Gasteiger partial charge is 0.295 e. The minimum Gasteiger partial charge on any atom is -0.507 e. The highest BCUT2D eigenvalue weighted by atomic mass is 16.5. The fourth-order valence-corrected chi connectivity index (χ4v) is 4.15. The van der Waals surface area contributed by atoms with Crippen LogP contribution >= 0.6 is 0 Å². The van der Waals surface area contributed by atoms with Crippen LogP contribution in [0.4, 0.5) is 0 Å². The van der Waals surface area contributed by atoms with Crippen LogP contribution in [0.15, 0.2) is 72.3 Å². The Bertz CT molecular complexity index is 1180. The van der Waals surface area contributed by atoms with Gasteiger partial charge in [0.1, 0.15) is 11.5 Å². The number of benzene rings is 3. The second-order valence-corrected chi connectivity index (χ2v) is 7.65. The van der Waals surface area contributed by atoms with Gasteiger partial charge in [0.25, 0.3) is 11.7 Å². The number of aliphatic hydroxyl groups excluding tert-OH is 1. The SMILES string of the molecule is CCCCN1C(=O)C(=O)/C(=C(/O)c2ccc3ccccc3c2)C1c1ccccc1OC. The maximum atomic E-state index is 13.1. The molecule has 0 radical (unpaired) electrons. The number of ether oxygens (including phenoxy) is 1. The van der Waals surface area contributed by atoms with E-state index in [0.717, 1.165) is 23.6 Å². The van der Waals surface area contributed by atoms with Gasteiger partial charge in [0.15, 0.2) is 0 Å². The number of Topliss-reactive ketones (excluding diaryl/α,β-unsaturated/α-hetero) is 1. The molecule has 31 heavy (non-hydrogen) atoms. The van der Waals surface area contributed by atoms with E-state index >= 15 is 0 Å². The second kappa shape index (κ2) is 8.64. The van der Waals surface area contributed by atoms with Crippen LogP contribution in [0, 0.1) is 0 Å². The topological polar surface area (TPSA) is 66.8 Å². The minimum absolute atomic E-state index is 0.0980. The second-order valence-electron chi connectivity index (χ2n) is 7.65. The van der Waals surface area contributed by atoms with Gasteiger partial charge in [0, 0.05) is 17.7 Å². The zero-order chi connectivity index (χ0) is 22.0. The highest BCUT2D eigenvalue weighted by Crippen LogP contribution is 2.42. The number of amides is 1. The standard InChI is InChI=1S/C26H25NO4/c1-3-4-15-27-23(20-11-7-8-12-21(20)31-2)22(25(29)26(27)30)24(28)19-14-13-17-9-5-6-10-18(17)16-19/h5-14,16,23,28H,3-4,15H2,1-2H3/b24-22+. The molecule has 0 saturated carbocycles. The zero-order valence-electron chi connectivity index (χ0n) is 17.7. The molecule has 1 fully saturated rings. The van der Waals surface area contributed by atoms with Crippen LogP contribution in [0.3, 0.4) is 0 Å². The van der Waals surface area contributed by atoms with E-state index in [9.17, 15) is 14.7 Å². The van der Waals surface area contributed by atoms with Gasteiger partial charge in [0.05, 0.1) is 18.7 Å². The van der Waals surface area contributed by atoms with Gasteiger partial charge in [0.2, 0.25) is 0 Å². The Morgan fingerprint density at radius 3 is 2.45 bits per heavy atom. The summed E-state index contributed by atoms with van der Waals surface area (Å²) in [7, 11) is 1.56. The maximum absolute atomic E-state index is 13.1. The van der Waals surface area contributed by atoms with Crippen molar-refractivity contribution in [3.8, 4) is 5.75 Å². The molecule has 1 unspecified atom stereocenters. The van der Waals surface area contributed by atoms with Crippen LogP contribution < -0.4 is 4.74 Å². The van der Waals surface area contributed by atoms with Crippen LogP contribution in [0.5, 0.6) is 5.75 Å². The van der Waals surface area contributed by atoms with Crippen LogP contribution in [0.1, 0.15) is 36.9 Å². The summed E-state index contributed by atoms with van der Waals surface area (Å²) >= 11 is 0. The van der Waals surface area contributed by atoms with Gasteiger partial charge >= 0.3 is 0 Å². The fraction of sp³-hybridized carbons (Fsp3) is 0.231. The van der Waals surface area contributed by atoms with Crippen molar-refractivity contribution >= 4 is 28.2 Å². The molecule has 1 amide bonds. The van der Waals surface area contributed by atoms with Crippen molar-refractivity contribution in [2.45, 2.75) is 25.8 Å². The van der Waals surface area contributed by atoms with Crippen LogP contribution in [-0.4, -0.2) is 35.4 Å². The van der Waals surface area contributed by atoms with Crippen molar-refractivity contribution in [1.82, 2.24) is 4.90 Å². The molecule has 3 aromatic rings. The number of carbonyl (C=O) groups is 2. The Morgan fingerprint density at radius 1 is 1.00 bits per heavy atom. The van der Waals surface area contributed by atoms with E-state index in [1.54, 1.807) is 24.1 Å². The predicted octanol–water partition coefficient (Wildman–Crippen LogP) is 5.07. The molecule has 1 heterocycles. The number of aliphatic hydroxyl groups is 1. The summed E-state index contributed by atoms with van der Waals surface area (Å²) in [5, 5.41) is 13.2. The number of hydrogen-bond acceptors (Lipinski definition) is 4. The van der Waals surface area contributed by atoms with Crippen molar-refractivity contribution < 1.29 is 19.4 Å². The number of nitrogens with zero attached hydrogens (tertiary/aromatic N) is 1. The third-order valence-corrected chi connectivity index (χ3v) is 5.75. The number of para-hydroxylation sites is 1. The molecule has 158 valence electrons. The van der Waals surface area contributed by atoms with E-state index in [1.807, 2.05) is 61.5 Å². The number of likely N-dealkylation sites (tertiary alicyclic amines) is 1. The number of hydrogen-bond donors (Lipinski definition) is 1. The van der Waals surface area contributed by atoms with Gasteiger partial charge in [-0.15, -0.1) is 0 Å². The summed E-state index contributed by atoms with van der Waals surface area (Å²) in [5.41, 5.74) is 1.29. The highest BCUT2D eigenvalue weighted by Gasteiger charge is 2.46. The number of fused-ring (bicyclic) bond motifs is 1. The quantitative estimate of drug-likeness (QED) is 0.347. The molecule has 0 aromatic heterocycles. The van der Waals surface area contributed by atoms with E-state index in [4.69, 9.17) is 4.74 Å². The molecule has 1 atom stereocenters. The lowest BCUT2D eigenvalue weighted by atomic mass is 9.94. The Balaban J connectivity index is 1.91. The molecule has 4 rings (SSSR count). The summed E-state index contributed by atoms with van der Waals surface area (Å²) in [6.45, 7) is 2.46. The summed E-state index contributed by atoms with van der Waals surface area (Å²) in [5.74, 6) is -0.858. The molecule has 1 N–H and O–H groups in total. The van der Waals surface area contributed by atoms with Crippen molar-refractivity contribution in [2.24, 2.45) is 0 Å². The highest BCUT2D eigenvalue weighted by molar-refractivity contribution is 6.46. The number of unbranched alkanes of at least 4 members (excludes halogenated alkanes) is 1. The number of carbonyl (C=O) groups excluding carboxylic acids is 2. The van der Waals surface area contributed by atoms with Gasteiger partial charge in [-0.1, -0.05) is 67.9 Å². The van der Waals surface area contributed by atoms with E-state index in [2.05, 4.69) is 0 Å². The Labute approximate surface area is 181 Å². The molecule has 0 bridgehead atoms. The van der Waals surface area contributed by atoms with Gasteiger partial charge in [-0.2, -0.15) is 0 Å². The summed E-state index contributed by atoms with van der Waals surface area (Å²) < 4.78 is 5.52. The molecular weight excluding hydrogens is 390 g/mol. The minimum atomic E-state index is -0.700. The number of rotatable bonds is 6. The Morgan fingerprint density at radius 2 is 1.71 bits per heavy atom. The average molecular weight is 415 g/mol. The molecule has 0 spiro atoms. The summed E-state index contributed by atoms with van der Waals surface area (Å²) in [4.78, 5) is 27.6. The van der Waals surface area contributed by atoms with Crippen molar-refractivity contribution in [3.05, 3.63) is 83.4 Å². The first-order valence-electron chi connectivity index (χ1n) is 10.5. The lowest BCUT2D eigenvalue weighted by molar-refractivity contribution is -0.139. The third-order valence-electron chi connectivity index (χ3n) is 5.75. The molecular formula is C26H25NO4. The summed E-state index contributed by atoms with van der Waals surface area (Å²) in [6.07, 6.45) is 1.64. The van der Waals surface area contributed by atoms with Crippen molar-refractivity contribution in [3.63, 3.8) is 0 Å². The normalized spacial score (nSPS) is 18.0. The molecule has 5 heteroatoms. The van der Waals surface area contributed by atoms with Crippen molar-refractivity contribution in [1.29, 1.82) is 0 Å². The molecule has 5 nitrogen and oxygen atoms in total. The molecule has 1 aliphatic heterocycles. The predicted molar refractivity (Wildman–Crippen MR) is 121 cm³/mol. The number of methoxy groups -OCH3 is 1. The maximum Gasteiger partial charge on any atom is 0.295 e. The van der Waals surface area contributed by atoms with Crippen LogP contribution in [0.2, 0.25) is 0 Å². The lowest BCUT2D eigenvalue weighted by Crippen LogP contribution is -2.30. The lowest BCUT2D eigenvalue weighted by Gasteiger charge is -2.26. The number of ketones is 1. The average Bonchev–Trinajstić information content (AvgIpc) is 3.06. The Hall–Kier alpha value is -3.60. The van der Waals surface area contributed by atoms with E-state index in [-0.39, 0.29) is 11.3 Å². The molecule has 3 aromatic carbocycles. The van der Waals surface area contributed by atoms with Crippen LogP contribution in [0.25, 0.3) is 16.5 Å². The van der Waals surface area contributed by atoms with E-state index in [0.29, 0.717) is 23.4 Å². The molecule has 1 saturated heterocycles. The first kappa shape index (κ1) is 20.7. The molecule has 1 aliphatic rings. The largest absolute Gasteiger partial charge is 0.507 e. The van der Waals surface area contributed by atoms with E-state index in [1.165, 1.54) is 0 Å². The zero-order valence-corrected chi connectivity index (χ0v) is 17.7. The first-order chi connectivity index (χ1) is 15.1. The monoisotopic (exact) mass is 415 g/mol. The van der Waals surface area contributed by atoms with Gasteiger partial charge in [-0.25, -0.2) is 0 Å². The third kappa shape index (κ3) is 3.67. The summed E-state index contributed by atoms with van der Waals surface area (Å²) in [6, 6.07) is 19.9. The van der Waals surface area contributed by atoms with Crippen LogP contribution in [-0.2, 0) is 9.59 Å².